The normalized spacial score (nSPS) is 23.9. The van der Waals surface area contributed by atoms with Crippen LogP contribution in [0.2, 0.25) is 0 Å². The lowest BCUT2D eigenvalue weighted by Crippen LogP contribution is -2.25. The van der Waals surface area contributed by atoms with Crippen LogP contribution in [0.1, 0.15) is 51.4 Å². The number of piperidine rings is 1. The van der Waals surface area contributed by atoms with Crippen LogP contribution in [0.25, 0.3) is 0 Å². The number of carbonyl (C=O) groups excluding carboxylic acids is 1. The molecule has 0 spiro atoms. The quantitative estimate of drug-likeness (QED) is 0.682. The molecule has 0 atom stereocenters. The maximum Gasteiger partial charge on any atom is 0.160 e. The Labute approximate surface area is 98.7 Å². The van der Waals surface area contributed by atoms with Crippen molar-refractivity contribution in [3.63, 3.8) is 0 Å². The number of allylic oxidation sites excluding steroid dienone is 1. The van der Waals surface area contributed by atoms with E-state index in [1.807, 2.05) is 12.3 Å². The van der Waals surface area contributed by atoms with E-state index in [0.717, 1.165) is 25.9 Å². The Morgan fingerprint density at radius 2 is 1.56 bits per heavy atom. The molecule has 0 aromatic carbocycles. The number of ketones is 1. The predicted molar refractivity (Wildman–Crippen MR) is 66.1 cm³/mol. The molecule has 2 nitrogen and oxygen atoms in total. The van der Waals surface area contributed by atoms with Gasteiger partial charge in [0.15, 0.2) is 5.78 Å². The fraction of sp³-hybridized carbons (Fsp3) is 0.786. The van der Waals surface area contributed by atoms with Crippen LogP contribution < -0.4 is 0 Å². The molecule has 0 radical (unpaired) electrons. The molecule has 2 rings (SSSR count). The fourth-order valence-corrected chi connectivity index (χ4v) is 2.77. The summed E-state index contributed by atoms with van der Waals surface area (Å²) in [6, 6.07) is 0. The minimum absolute atomic E-state index is 0.329. The first-order chi connectivity index (χ1) is 7.86. The number of likely N-dealkylation sites (tertiary alicyclic amines) is 1. The first-order valence-electron chi connectivity index (χ1n) is 6.82. The van der Waals surface area contributed by atoms with Gasteiger partial charge in [-0.25, -0.2) is 0 Å². The summed E-state index contributed by atoms with van der Waals surface area (Å²) < 4.78 is 0. The molecule has 0 aromatic heterocycles. The summed E-state index contributed by atoms with van der Waals surface area (Å²) in [7, 11) is 0. The summed E-state index contributed by atoms with van der Waals surface area (Å²) in [5, 5.41) is 0. The molecule has 1 aliphatic carbocycles. The van der Waals surface area contributed by atoms with Crippen molar-refractivity contribution in [2.75, 3.05) is 13.1 Å². The average Bonchev–Trinajstić information content (AvgIpc) is 2.38. The van der Waals surface area contributed by atoms with Crippen molar-refractivity contribution < 1.29 is 4.79 Å². The minimum Gasteiger partial charge on any atom is -0.377 e. The van der Waals surface area contributed by atoms with Crippen LogP contribution in [0.3, 0.4) is 0 Å². The first-order valence-corrected chi connectivity index (χ1v) is 6.82. The van der Waals surface area contributed by atoms with Gasteiger partial charge in [-0.05, 0) is 38.2 Å². The van der Waals surface area contributed by atoms with Gasteiger partial charge in [-0.2, -0.15) is 0 Å². The van der Waals surface area contributed by atoms with Crippen LogP contribution in [0.4, 0.5) is 0 Å². The zero-order chi connectivity index (χ0) is 11.2. The molecule has 16 heavy (non-hydrogen) atoms. The number of hydrogen-bond donors (Lipinski definition) is 0. The Bertz CT molecular complexity index is 247. The second-order valence-corrected chi connectivity index (χ2v) is 5.15. The fourth-order valence-electron chi connectivity index (χ4n) is 2.77. The minimum atomic E-state index is 0.329. The zero-order valence-corrected chi connectivity index (χ0v) is 10.2. The molecule has 2 fully saturated rings. The van der Waals surface area contributed by atoms with Crippen molar-refractivity contribution in [1.29, 1.82) is 0 Å². The lowest BCUT2D eigenvalue weighted by Gasteiger charge is -2.25. The van der Waals surface area contributed by atoms with Crippen molar-refractivity contribution in [3.05, 3.63) is 12.3 Å². The van der Waals surface area contributed by atoms with Gasteiger partial charge in [0, 0.05) is 25.2 Å². The molecule has 1 saturated heterocycles. The largest absolute Gasteiger partial charge is 0.377 e. The Morgan fingerprint density at radius 1 is 0.938 bits per heavy atom. The van der Waals surface area contributed by atoms with Crippen molar-refractivity contribution >= 4 is 5.78 Å². The molecule has 0 N–H and O–H groups in total. The van der Waals surface area contributed by atoms with E-state index in [9.17, 15) is 4.79 Å². The smallest absolute Gasteiger partial charge is 0.160 e. The molecule has 1 heterocycles. The van der Waals surface area contributed by atoms with Gasteiger partial charge in [-0.15, -0.1) is 0 Å². The number of hydrogen-bond acceptors (Lipinski definition) is 2. The van der Waals surface area contributed by atoms with Gasteiger partial charge in [0.2, 0.25) is 0 Å². The molecule has 1 aliphatic heterocycles. The van der Waals surface area contributed by atoms with Gasteiger partial charge in [-0.3, -0.25) is 4.79 Å². The van der Waals surface area contributed by atoms with Gasteiger partial charge in [0.05, 0.1) is 0 Å². The van der Waals surface area contributed by atoms with E-state index >= 15 is 0 Å². The Balaban J connectivity index is 1.78. The van der Waals surface area contributed by atoms with E-state index in [0.29, 0.717) is 11.7 Å². The van der Waals surface area contributed by atoms with Crippen molar-refractivity contribution in [2.24, 2.45) is 5.92 Å². The highest BCUT2D eigenvalue weighted by Crippen LogP contribution is 2.24. The van der Waals surface area contributed by atoms with Gasteiger partial charge >= 0.3 is 0 Å². The lowest BCUT2D eigenvalue weighted by atomic mass is 9.86. The van der Waals surface area contributed by atoms with E-state index in [4.69, 9.17) is 0 Å². The summed E-state index contributed by atoms with van der Waals surface area (Å²) in [6.07, 6.45) is 13.8. The molecule has 90 valence electrons. The Kier molecular flexibility index (Phi) is 4.44. The highest BCUT2D eigenvalue weighted by Gasteiger charge is 2.19. The summed E-state index contributed by atoms with van der Waals surface area (Å²) in [4.78, 5) is 14.2. The third-order valence-corrected chi connectivity index (χ3v) is 3.85. The van der Waals surface area contributed by atoms with Crippen LogP contribution in [0.5, 0.6) is 0 Å². The van der Waals surface area contributed by atoms with Crippen molar-refractivity contribution in [1.82, 2.24) is 4.90 Å². The van der Waals surface area contributed by atoms with E-state index in [1.54, 1.807) is 0 Å². The maximum atomic E-state index is 11.9. The zero-order valence-electron chi connectivity index (χ0n) is 10.2. The molecule has 0 aromatic rings. The third kappa shape index (κ3) is 3.36. The SMILES string of the molecule is O=C(C=CN1CCCCC1)C1CCCCC1. The van der Waals surface area contributed by atoms with Crippen LogP contribution in [0, 0.1) is 5.92 Å². The predicted octanol–water partition coefficient (Wildman–Crippen LogP) is 3.14. The van der Waals surface area contributed by atoms with Crippen LogP contribution in [-0.4, -0.2) is 23.8 Å². The number of rotatable bonds is 3. The Morgan fingerprint density at radius 3 is 2.25 bits per heavy atom. The van der Waals surface area contributed by atoms with Gasteiger partial charge in [0.1, 0.15) is 0 Å². The number of carbonyl (C=O) groups is 1. The second kappa shape index (κ2) is 6.07. The van der Waals surface area contributed by atoms with Gasteiger partial charge < -0.3 is 4.90 Å². The van der Waals surface area contributed by atoms with Crippen molar-refractivity contribution in [2.45, 2.75) is 51.4 Å². The third-order valence-electron chi connectivity index (χ3n) is 3.85. The maximum absolute atomic E-state index is 11.9. The highest BCUT2D eigenvalue weighted by atomic mass is 16.1. The monoisotopic (exact) mass is 221 g/mol. The molecular weight excluding hydrogens is 198 g/mol. The molecule has 2 heteroatoms. The first kappa shape index (κ1) is 11.7. The molecule has 1 saturated carbocycles. The molecule has 2 aliphatic rings. The molecule has 0 bridgehead atoms. The summed E-state index contributed by atoms with van der Waals surface area (Å²) in [6.45, 7) is 2.27. The van der Waals surface area contributed by atoms with E-state index in [2.05, 4.69) is 4.90 Å². The Hall–Kier alpha value is -0.790. The standard InChI is InChI=1S/C14H23NO/c16-14(13-7-3-1-4-8-13)9-12-15-10-5-2-6-11-15/h9,12-13H,1-8,10-11H2. The van der Waals surface area contributed by atoms with Crippen molar-refractivity contribution in [3.8, 4) is 0 Å². The lowest BCUT2D eigenvalue weighted by molar-refractivity contribution is -0.119. The van der Waals surface area contributed by atoms with E-state index in [-0.39, 0.29) is 0 Å². The highest BCUT2D eigenvalue weighted by molar-refractivity contribution is 5.91. The van der Waals surface area contributed by atoms with Crippen LogP contribution in [0.15, 0.2) is 12.3 Å². The van der Waals surface area contributed by atoms with Gasteiger partial charge in [0.25, 0.3) is 0 Å². The topological polar surface area (TPSA) is 20.3 Å². The average molecular weight is 221 g/mol. The summed E-state index contributed by atoms with van der Waals surface area (Å²) >= 11 is 0. The van der Waals surface area contributed by atoms with Crippen LogP contribution in [-0.2, 0) is 4.79 Å². The molecule has 0 unspecified atom stereocenters. The van der Waals surface area contributed by atoms with E-state index in [1.165, 1.54) is 38.5 Å². The molecular formula is C14H23NO. The van der Waals surface area contributed by atoms with E-state index < -0.39 is 0 Å². The van der Waals surface area contributed by atoms with Crippen LogP contribution >= 0.6 is 0 Å². The molecule has 0 amide bonds. The summed E-state index contributed by atoms with van der Waals surface area (Å²) in [5.41, 5.74) is 0. The summed E-state index contributed by atoms with van der Waals surface area (Å²) in [5.74, 6) is 0.695. The number of nitrogens with zero attached hydrogens (tertiary/aromatic N) is 1. The van der Waals surface area contributed by atoms with Gasteiger partial charge in [-0.1, -0.05) is 19.3 Å². The second-order valence-electron chi connectivity index (χ2n) is 5.15.